The molecule has 6 heteroatoms. The fraction of sp³-hybridized carbons (Fsp3) is 0.478. The van der Waals surface area contributed by atoms with Crippen molar-refractivity contribution in [3.05, 3.63) is 53.3 Å². The first-order valence-electron chi connectivity index (χ1n) is 10.7. The van der Waals surface area contributed by atoms with Gasteiger partial charge in [0.1, 0.15) is 17.4 Å². The zero-order valence-corrected chi connectivity index (χ0v) is 16.6. The Morgan fingerprint density at radius 3 is 3.10 bits per heavy atom. The molecule has 1 aromatic carbocycles. The zero-order valence-electron chi connectivity index (χ0n) is 16.6. The predicted molar refractivity (Wildman–Crippen MR) is 109 cm³/mol. The van der Waals surface area contributed by atoms with Crippen LogP contribution in [-0.2, 0) is 12.0 Å². The number of benzene rings is 1. The van der Waals surface area contributed by atoms with Gasteiger partial charge in [-0.05, 0) is 56.1 Å². The van der Waals surface area contributed by atoms with Crippen molar-refractivity contribution >= 4 is 11.8 Å². The van der Waals surface area contributed by atoms with E-state index in [1.807, 2.05) is 0 Å². The fourth-order valence-corrected chi connectivity index (χ4v) is 5.94. The number of nitrogens with one attached hydrogen (secondary N) is 1. The lowest BCUT2D eigenvalue weighted by atomic mass is 9.74. The summed E-state index contributed by atoms with van der Waals surface area (Å²) < 4.78 is 19.6. The standard InChI is InChI=1S/C23H25FN4O/c1-2-6-28-13-19-20(27-22(28)29-18-5-3-4-17(24)10-18)26-21(25-19)23-11-14-7-15(12-23)9-16(23)8-14/h3-5,8,10,14-15H,2,6-7,9,11-13H2,1H3,(H,25,26). The van der Waals surface area contributed by atoms with Crippen molar-refractivity contribution in [1.29, 1.82) is 0 Å². The van der Waals surface area contributed by atoms with Crippen molar-refractivity contribution < 1.29 is 9.13 Å². The summed E-state index contributed by atoms with van der Waals surface area (Å²) in [7, 11) is 0. The summed E-state index contributed by atoms with van der Waals surface area (Å²) >= 11 is 0. The number of H-pyrrole nitrogens is 1. The van der Waals surface area contributed by atoms with Crippen LogP contribution in [0.5, 0.6) is 5.75 Å². The van der Waals surface area contributed by atoms with Gasteiger partial charge in [0.2, 0.25) is 0 Å². The highest BCUT2D eigenvalue weighted by Gasteiger charge is 2.55. The van der Waals surface area contributed by atoms with E-state index in [1.54, 1.807) is 17.7 Å². The van der Waals surface area contributed by atoms with E-state index in [2.05, 4.69) is 22.9 Å². The molecular weight excluding hydrogens is 367 g/mol. The molecule has 1 aliphatic heterocycles. The number of nitrogens with zero attached hydrogens (tertiary/aromatic N) is 3. The average Bonchev–Trinajstić information content (AvgIpc) is 3.29. The number of aromatic amines is 1. The van der Waals surface area contributed by atoms with Gasteiger partial charge in [-0.1, -0.05) is 24.6 Å². The van der Waals surface area contributed by atoms with Gasteiger partial charge in [-0.15, -0.1) is 0 Å². The number of hydrogen-bond acceptors (Lipinski definition) is 4. The Labute approximate surface area is 169 Å². The molecule has 1 aromatic heterocycles. The topological polar surface area (TPSA) is 53.5 Å². The number of amidine groups is 1. The van der Waals surface area contributed by atoms with Crippen molar-refractivity contribution in [2.24, 2.45) is 16.8 Å². The smallest absolute Gasteiger partial charge is 0.300 e. The molecule has 5 aliphatic rings. The highest BCUT2D eigenvalue weighted by atomic mass is 19.1. The maximum absolute atomic E-state index is 13.6. The van der Waals surface area contributed by atoms with Crippen molar-refractivity contribution in [3.63, 3.8) is 0 Å². The van der Waals surface area contributed by atoms with Crippen molar-refractivity contribution in [2.75, 3.05) is 6.54 Å². The van der Waals surface area contributed by atoms with E-state index in [-0.39, 0.29) is 11.2 Å². The molecule has 0 amide bonds. The highest BCUT2D eigenvalue weighted by Crippen LogP contribution is 2.62. The number of aliphatic imine (C=N–C) groups is 1. The Balaban J connectivity index is 1.35. The van der Waals surface area contributed by atoms with Crippen LogP contribution in [0, 0.1) is 17.7 Å². The molecular formula is C23H25FN4O. The van der Waals surface area contributed by atoms with E-state index in [0.29, 0.717) is 18.3 Å². The van der Waals surface area contributed by atoms with Crippen molar-refractivity contribution in [1.82, 2.24) is 14.9 Å². The van der Waals surface area contributed by atoms with E-state index >= 15 is 0 Å². The number of aromatic nitrogens is 2. The van der Waals surface area contributed by atoms with Crippen LogP contribution in [0.25, 0.3) is 0 Å². The van der Waals surface area contributed by atoms with E-state index in [1.165, 1.54) is 37.8 Å². The molecule has 2 fully saturated rings. The molecule has 2 heterocycles. The van der Waals surface area contributed by atoms with Crippen LogP contribution in [0.3, 0.4) is 0 Å². The Kier molecular flexibility index (Phi) is 3.68. The Bertz CT molecular complexity index is 1040. The molecule has 2 aromatic rings. The third-order valence-electron chi connectivity index (χ3n) is 6.97. The van der Waals surface area contributed by atoms with Gasteiger partial charge in [-0.25, -0.2) is 9.37 Å². The number of ether oxygens (including phenoxy) is 1. The van der Waals surface area contributed by atoms with Crippen molar-refractivity contribution in [3.8, 4) is 5.75 Å². The normalized spacial score (nSPS) is 29.1. The molecule has 150 valence electrons. The van der Waals surface area contributed by atoms with Gasteiger partial charge >= 0.3 is 0 Å². The predicted octanol–water partition coefficient (Wildman–Crippen LogP) is 4.84. The van der Waals surface area contributed by atoms with Crippen molar-refractivity contribution in [2.45, 2.75) is 51.0 Å². The first-order chi connectivity index (χ1) is 14.1. The minimum atomic E-state index is -0.317. The summed E-state index contributed by atoms with van der Waals surface area (Å²) in [5.74, 6) is 3.50. The first-order valence-corrected chi connectivity index (χ1v) is 10.7. The Morgan fingerprint density at radius 1 is 1.34 bits per heavy atom. The molecule has 29 heavy (non-hydrogen) atoms. The van der Waals surface area contributed by atoms with Crippen LogP contribution in [0.2, 0.25) is 0 Å². The Hall–Kier alpha value is -2.63. The summed E-state index contributed by atoms with van der Waals surface area (Å²) in [6, 6.07) is 6.69. The molecule has 1 N–H and O–H groups in total. The lowest BCUT2D eigenvalue weighted by Gasteiger charge is -2.30. The first kappa shape index (κ1) is 17.2. The number of allylic oxidation sites excluding steroid dienone is 2. The number of rotatable bonds is 4. The van der Waals surface area contributed by atoms with E-state index in [0.717, 1.165) is 42.1 Å². The van der Waals surface area contributed by atoms with Crippen LogP contribution < -0.4 is 4.74 Å². The van der Waals surface area contributed by atoms with Crippen LogP contribution >= 0.6 is 0 Å². The van der Waals surface area contributed by atoms with Gasteiger partial charge in [-0.3, -0.25) is 0 Å². The molecule has 7 rings (SSSR count). The summed E-state index contributed by atoms with van der Waals surface area (Å²) in [4.78, 5) is 15.4. The molecule has 0 spiro atoms. The number of hydrogen-bond donors (Lipinski definition) is 1. The van der Waals surface area contributed by atoms with Crippen LogP contribution in [0.15, 0.2) is 40.9 Å². The summed E-state index contributed by atoms with van der Waals surface area (Å²) in [6.07, 6.45) is 8.48. The van der Waals surface area contributed by atoms with Gasteiger partial charge in [-0.2, -0.15) is 4.99 Å². The zero-order chi connectivity index (χ0) is 19.6. The number of halogens is 1. The molecule has 3 atom stereocenters. The molecule has 0 saturated heterocycles. The second-order valence-electron chi connectivity index (χ2n) is 9.01. The van der Waals surface area contributed by atoms with Gasteiger partial charge in [0, 0.05) is 12.6 Å². The lowest BCUT2D eigenvalue weighted by molar-refractivity contribution is 0.279. The molecule has 5 nitrogen and oxygen atoms in total. The second-order valence-corrected chi connectivity index (χ2v) is 9.01. The minimum absolute atomic E-state index is 0.111. The monoisotopic (exact) mass is 392 g/mol. The minimum Gasteiger partial charge on any atom is -0.426 e. The van der Waals surface area contributed by atoms with E-state index in [4.69, 9.17) is 14.7 Å². The average molecular weight is 392 g/mol. The summed E-state index contributed by atoms with van der Waals surface area (Å²) in [5.41, 5.74) is 2.76. The fourth-order valence-electron chi connectivity index (χ4n) is 5.94. The van der Waals surface area contributed by atoms with Gasteiger partial charge in [0.25, 0.3) is 6.02 Å². The third-order valence-corrected chi connectivity index (χ3v) is 6.97. The van der Waals surface area contributed by atoms with Crippen LogP contribution in [0.4, 0.5) is 10.2 Å². The second kappa shape index (κ2) is 6.18. The third kappa shape index (κ3) is 2.65. The number of imidazole rings is 1. The maximum Gasteiger partial charge on any atom is 0.300 e. The van der Waals surface area contributed by atoms with E-state index in [9.17, 15) is 4.39 Å². The van der Waals surface area contributed by atoms with Gasteiger partial charge < -0.3 is 14.6 Å². The maximum atomic E-state index is 13.6. The van der Waals surface area contributed by atoms with Crippen LogP contribution in [0.1, 0.15) is 50.5 Å². The van der Waals surface area contributed by atoms with E-state index < -0.39 is 0 Å². The largest absolute Gasteiger partial charge is 0.426 e. The quantitative estimate of drug-likeness (QED) is 0.758. The molecule has 4 aliphatic carbocycles. The van der Waals surface area contributed by atoms with Gasteiger partial charge in [0.15, 0.2) is 5.82 Å². The summed E-state index contributed by atoms with van der Waals surface area (Å²) in [5, 5.41) is 0. The SMILES string of the molecule is CCCN1Cc2[nH]c(C34CC5C=C3CC(C5)C4)nc2N=C1Oc1cccc(F)c1. The summed E-state index contributed by atoms with van der Waals surface area (Å²) in [6.45, 7) is 3.64. The Morgan fingerprint density at radius 2 is 2.28 bits per heavy atom. The van der Waals surface area contributed by atoms with Gasteiger partial charge in [0.05, 0.1) is 17.7 Å². The molecule has 4 bridgehead atoms. The molecule has 2 saturated carbocycles. The lowest BCUT2D eigenvalue weighted by Crippen LogP contribution is -2.37. The molecule has 0 radical (unpaired) electrons. The highest BCUT2D eigenvalue weighted by molar-refractivity contribution is 5.81. The number of fused-ring (bicyclic) bond motifs is 1. The molecule has 3 unspecified atom stereocenters. The van der Waals surface area contributed by atoms with Crippen LogP contribution in [-0.4, -0.2) is 27.4 Å².